The molecular formula is C17H31N5O. The first-order valence-corrected chi connectivity index (χ1v) is 8.73. The quantitative estimate of drug-likeness (QED) is 0.613. The van der Waals surface area contributed by atoms with E-state index in [1.807, 2.05) is 17.9 Å². The van der Waals surface area contributed by atoms with E-state index in [1.165, 1.54) is 24.8 Å². The molecule has 1 aliphatic rings. The fourth-order valence-electron chi connectivity index (χ4n) is 2.88. The smallest absolute Gasteiger partial charge is 0.193 e. The minimum atomic E-state index is 0.787. The van der Waals surface area contributed by atoms with Gasteiger partial charge >= 0.3 is 0 Å². The van der Waals surface area contributed by atoms with Gasteiger partial charge in [0, 0.05) is 53.1 Å². The minimum Gasteiger partial charge on any atom is -0.381 e. The Morgan fingerprint density at radius 2 is 2.26 bits per heavy atom. The Bertz CT molecular complexity index is 479. The summed E-state index contributed by atoms with van der Waals surface area (Å²) in [5.41, 5.74) is 1.23. The topological polar surface area (TPSA) is 54.7 Å². The molecule has 0 atom stereocenters. The third-order valence-electron chi connectivity index (χ3n) is 4.33. The van der Waals surface area contributed by atoms with Crippen molar-refractivity contribution in [3.8, 4) is 0 Å². The number of guanidine groups is 1. The van der Waals surface area contributed by atoms with Crippen molar-refractivity contribution in [2.24, 2.45) is 18.0 Å². The Labute approximate surface area is 139 Å². The van der Waals surface area contributed by atoms with Crippen molar-refractivity contribution in [2.75, 3.05) is 39.9 Å². The number of hydrogen-bond donors (Lipinski definition) is 1. The van der Waals surface area contributed by atoms with Crippen LogP contribution in [0.2, 0.25) is 0 Å². The summed E-state index contributed by atoms with van der Waals surface area (Å²) < 4.78 is 7.27. The van der Waals surface area contributed by atoms with Crippen LogP contribution in [0, 0.1) is 5.92 Å². The van der Waals surface area contributed by atoms with Crippen molar-refractivity contribution in [2.45, 2.75) is 32.6 Å². The van der Waals surface area contributed by atoms with E-state index in [1.54, 1.807) is 0 Å². The van der Waals surface area contributed by atoms with Gasteiger partial charge in [0.15, 0.2) is 5.96 Å². The minimum absolute atomic E-state index is 0.787. The molecule has 130 valence electrons. The van der Waals surface area contributed by atoms with E-state index in [9.17, 15) is 0 Å². The van der Waals surface area contributed by atoms with Crippen LogP contribution in [0.3, 0.4) is 0 Å². The van der Waals surface area contributed by atoms with Crippen LogP contribution < -0.4 is 5.32 Å². The number of aryl methyl sites for hydroxylation is 1. The van der Waals surface area contributed by atoms with Gasteiger partial charge in [-0.15, -0.1) is 0 Å². The number of hydrogen-bond acceptors (Lipinski definition) is 3. The molecule has 23 heavy (non-hydrogen) atoms. The maximum Gasteiger partial charge on any atom is 0.193 e. The van der Waals surface area contributed by atoms with Crippen LogP contribution in [0.15, 0.2) is 17.4 Å². The Morgan fingerprint density at radius 1 is 1.48 bits per heavy atom. The second-order valence-electron chi connectivity index (χ2n) is 6.27. The summed E-state index contributed by atoms with van der Waals surface area (Å²) in [6.07, 6.45) is 8.50. The fraction of sp³-hybridized carbons (Fsp3) is 0.765. The third kappa shape index (κ3) is 6.22. The normalized spacial score (nSPS) is 16.6. The summed E-state index contributed by atoms with van der Waals surface area (Å²) in [5.74, 6) is 1.80. The van der Waals surface area contributed by atoms with Crippen LogP contribution in [0.25, 0.3) is 0 Å². The third-order valence-corrected chi connectivity index (χ3v) is 4.33. The van der Waals surface area contributed by atoms with E-state index in [4.69, 9.17) is 9.73 Å². The molecule has 0 aromatic carbocycles. The van der Waals surface area contributed by atoms with Crippen molar-refractivity contribution < 1.29 is 4.74 Å². The Kier molecular flexibility index (Phi) is 7.39. The van der Waals surface area contributed by atoms with Gasteiger partial charge < -0.3 is 15.0 Å². The monoisotopic (exact) mass is 321 g/mol. The largest absolute Gasteiger partial charge is 0.381 e. The van der Waals surface area contributed by atoms with E-state index < -0.39 is 0 Å². The lowest BCUT2D eigenvalue weighted by atomic mass is 9.96. The average molecular weight is 321 g/mol. The summed E-state index contributed by atoms with van der Waals surface area (Å²) in [6, 6.07) is 0. The van der Waals surface area contributed by atoms with Gasteiger partial charge in [0.25, 0.3) is 0 Å². The van der Waals surface area contributed by atoms with E-state index in [0.717, 1.165) is 51.1 Å². The molecule has 1 N–H and O–H groups in total. The number of aromatic nitrogens is 2. The van der Waals surface area contributed by atoms with E-state index >= 15 is 0 Å². The van der Waals surface area contributed by atoms with E-state index in [-0.39, 0.29) is 0 Å². The van der Waals surface area contributed by atoms with Crippen LogP contribution in [0.4, 0.5) is 0 Å². The molecule has 0 unspecified atom stereocenters. The summed E-state index contributed by atoms with van der Waals surface area (Å²) in [5, 5.41) is 7.59. The van der Waals surface area contributed by atoms with Crippen LogP contribution in [-0.2, 0) is 18.2 Å². The number of rotatable bonds is 7. The Hall–Kier alpha value is -1.56. The molecule has 6 heteroatoms. The number of nitrogens with zero attached hydrogens (tertiary/aromatic N) is 4. The molecule has 1 aromatic heterocycles. The summed E-state index contributed by atoms with van der Waals surface area (Å²) in [6.45, 7) is 6.69. The van der Waals surface area contributed by atoms with Gasteiger partial charge in [-0.2, -0.15) is 5.10 Å². The molecule has 0 bridgehead atoms. The zero-order valence-corrected chi connectivity index (χ0v) is 14.8. The summed E-state index contributed by atoms with van der Waals surface area (Å²) in [7, 11) is 4.08. The van der Waals surface area contributed by atoms with Crippen LogP contribution in [-0.4, -0.2) is 60.5 Å². The van der Waals surface area contributed by atoms with Crippen molar-refractivity contribution in [1.29, 1.82) is 0 Å². The molecule has 1 aromatic rings. The summed E-state index contributed by atoms with van der Waals surface area (Å²) in [4.78, 5) is 7.00. The first-order valence-electron chi connectivity index (χ1n) is 8.73. The van der Waals surface area contributed by atoms with Gasteiger partial charge in [-0.1, -0.05) is 0 Å². The van der Waals surface area contributed by atoms with Crippen molar-refractivity contribution >= 4 is 5.96 Å². The van der Waals surface area contributed by atoms with Crippen LogP contribution in [0.1, 0.15) is 31.7 Å². The molecule has 2 heterocycles. The van der Waals surface area contributed by atoms with Crippen molar-refractivity contribution in [1.82, 2.24) is 20.0 Å². The van der Waals surface area contributed by atoms with Gasteiger partial charge in [-0.3, -0.25) is 9.67 Å². The zero-order chi connectivity index (χ0) is 16.5. The molecule has 0 aliphatic carbocycles. The first kappa shape index (κ1) is 17.8. The van der Waals surface area contributed by atoms with Gasteiger partial charge in [-0.25, -0.2) is 0 Å². The highest BCUT2D eigenvalue weighted by atomic mass is 16.5. The molecule has 0 amide bonds. The van der Waals surface area contributed by atoms with E-state index in [2.05, 4.69) is 35.5 Å². The Balaban J connectivity index is 1.78. The molecular weight excluding hydrogens is 290 g/mol. The van der Waals surface area contributed by atoms with Gasteiger partial charge in [0.1, 0.15) is 0 Å². The molecule has 1 fully saturated rings. The number of aliphatic imine (C=N–C) groups is 1. The SMILES string of the molecule is CCNC(=NCCc1cnn(C)c1)N(C)CCC1CCOCC1. The van der Waals surface area contributed by atoms with Crippen LogP contribution in [0.5, 0.6) is 0 Å². The molecule has 0 radical (unpaired) electrons. The zero-order valence-electron chi connectivity index (χ0n) is 14.8. The molecule has 1 aliphatic heterocycles. The second kappa shape index (κ2) is 9.55. The first-order chi connectivity index (χ1) is 11.2. The van der Waals surface area contributed by atoms with Gasteiger partial charge in [0.05, 0.1) is 6.20 Å². The maximum absolute atomic E-state index is 5.43. The highest BCUT2D eigenvalue weighted by Gasteiger charge is 2.15. The highest BCUT2D eigenvalue weighted by molar-refractivity contribution is 5.79. The second-order valence-corrected chi connectivity index (χ2v) is 6.27. The molecule has 2 rings (SSSR count). The predicted molar refractivity (Wildman–Crippen MR) is 93.7 cm³/mol. The highest BCUT2D eigenvalue weighted by Crippen LogP contribution is 2.18. The lowest BCUT2D eigenvalue weighted by molar-refractivity contribution is 0.0625. The van der Waals surface area contributed by atoms with Crippen LogP contribution >= 0.6 is 0 Å². The predicted octanol–water partition coefficient (Wildman–Crippen LogP) is 1.68. The lowest BCUT2D eigenvalue weighted by Gasteiger charge is -2.26. The maximum atomic E-state index is 5.43. The molecule has 0 saturated carbocycles. The fourth-order valence-corrected chi connectivity index (χ4v) is 2.88. The lowest BCUT2D eigenvalue weighted by Crippen LogP contribution is -2.40. The molecule has 6 nitrogen and oxygen atoms in total. The van der Waals surface area contributed by atoms with E-state index in [0.29, 0.717) is 0 Å². The van der Waals surface area contributed by atoms with Gasteiger partial charge in [-0.05, 0) is 44.1 Å². The number of nitrogens with one attached hydrogen (secondary N) is 1. The molecule has 0 spiro atoms. The van der Waals surface area contributed by atoms with Crippen molar-refractivity contribution in [3.63, 3.8) is 0 Å². The average Bonchev–Trinajstić information content (AvgIpc) is 2.98. The summed E-state index contributed by atoms with van der Waals surface area (Å²) >= 11 is 0. The number of ether oxygens (including phenoxy) is 1. The molecule has 1 saturated heterocycles. The Morgan fingerprint density at radius 3 is 2.91 bits per heavy atom. The standard InChI is InChI=1S/C17H31N5O/c1-4-18-17(19-9-5-16-13-20-22(3)14-16)21(2)10-6-15-7-11-23-12-8-15/h13-15H,4-12H2,1-3H3,(H,18,19). The van der Waals surface area contributed by atoms with Crippen molar-refractivity contribution in [3.05, 3.63) is 18.0 Å². The van der Waals surface area contributed by atoms with Gasteiger partial charge in [0.2, 0.25) is 0 Å².